The quantitative estimate of drug-likeness (QED) is 0.759. The van der Waals surface area contributed by atoms with Gasteiger partial charge in [-0.25, -0.2) is 0 Å². The van der Waals surface area contributed by atoms with Crippen LogP contribution < -0.4 is 10.2 Å². The summed E-state index contributed by atoms with van der Waals surface area (Å²) in [7, 11) is 2.09. The van der Waals surface area contributed by atoms with Gasteiger partial charge in [0.1, 0.15) is 11.4 Å². The highest BCUT2D eigenvalue weighted by atomic mass is 16.3. The lowest BCUT2D eigenvalue weighted by atomic mass is 10.0. The first-order chi connectivity index (χ1) is 12.6. The van der Waals surface area contributed by atoms with Crippen molar-refractivity contribution in [2.45, 2.75) is 25.8 Å². The zero-order valence-corrected chi connectivity index (χ0v) is 15.2. The molecule has 0 radical (unpaired) electrons. The number of hydrogen-bond acceptors (Lipinski definition) is 5. The van der Waals surface area contributed by atoms with E-state index < -0.39 is 0 Å². The fraction of sp³-hybridized carbons (Fsp3) is 0.333. The van der Waals surface area contributed by atoms with Crippen LogP contribution in [-0.2, 0) is 0 Å². The van der Waals surface area contributed by atoms with E-state index in [9.17, 15) is 5.11 Å². The third-order valence-corrected chi connectivity index (χ3v) is 5.23. The molecule has 1 atom stereocenters. The fourth-order valence-corrected chi connectivity index (χ4v) is 3.73. The Morgan fingerprint density at radius 2 is 1.92 bits per heavy atom. The first-order valence-corrected chi connectivity index (χ1v) is 9.14. The molecule has 2 heterocycles. The molecular formula is C21H24N4O. The molecule has 0 bridgehead atoms. The lowest BCUT2D eigenvalue weighted by Gasteiger charge is -2.33. The van der Waals surface area contributed by atoms with E-state index in [1.165, 1.54) is 6.42 Å². The average Bonchev–Trinajstić information content (AvgIpc) is 2.68. The molecule has 0 unspecified atom stereocenters. The Kier molecular flexibility index (Phi) is 4.47. The molecule has 5 nitrogen and oxygen atoms in total. The van der Waals surface area contributed by atoms with Crippen LogP contribution in [-0.4, -0.2) is 41.5 Å². The molecule has 0 saturated carbocycles. The van der Waals surface area contributed by atoms with Gasteiger partial charge in [0.25, 0.3) is 0 Å². The number of aryl methyl sites for hydroxylation is 1. The minimum Gasteiger partial charge on any atom is -0.507 e. The fourth-order valence-electron chi connectivity index (χ4n) is 3.73. The smallest absolute Gasteiger partial charge is 0.159 e. The lowest BCUT2D eigenvalue weighted by molar-refractivity contribution is 0.443. The molecule has 2 aromatic carbocycles. The van der Waals surface area contributed by atoms with Crippen LogP contribution in [0.4, 0.5) is 5.82 Å². The van der Waals surface area contributed by atoms with Crippen molar-refractivity contribution in [3.05, 3.63) is 48.0 Å². The number of phenols is 1. The number of hydrogen-bond donors (Lipinski definition) is 2. The van der Waals surface area contributed by atoms with Gasteiger partial charge >= 0.3 is 0 Å². The summed E-state index contributed by atoms with van der Waals surface area (Å²) in [6.07, 6.45) is 2.33. The maximum atomic E-state index is 10.4. The van der Waals surface area contributed by atoms with Crippen molar-refractivity contribution in [3.8, 4) is 17.0 Å². The van der Waals surface area contributed by atoms with Gasteiger partial charge in [-0.05, 0) is 44.0 Å². The van der Waals surface area contributed by atoms with E-state index in [0.29, 0.717) is 11.6 Å². The van der Waals surface area contributed by atoms with Crippen molar-refractivity contribution in [2.75, 3.05) is 25.0 Å². The van der Waals surface area contributed by atoms with Crippen LogP contribution in [0.5, 0.6) is 5.75 Å². The zero-order valence-electron chi connectivity index (χ0n) is 15.2. The molecule has 0 spiro atoms. The molecule has 1 aliphatic heterocycles. The van der Waals surface area contributed by atoms with Crippen molar-refractivity contribution in [1.82, 2.24) is 15.5 Å². The molecule has 26 heavy (non-hydrogen) atoms. The molecule has 134 valence electrons. The van der Waals surface area contributed by atoms with E-state index in [0.717, 1.165) is 47.4 Å². The van der Waals surface area contributed by atoms with Gasteiger partial charge in [-0.2, -0.15) is 0 Å². The Balaban J connectivity index is 1.83. The monoisotopic (exact) mass is 348 g/mol. The molecule has 1 saturated heterocycles. The van der Waals surface area contributed by atoms with E-state index in [2.05, 4.69) is 39.6 Å². The number of aromatic hydroxyl groups is 1. The van der Waals surface area contributed by atoms with Gasteiger partial charge in [0.15, 0.2) is 5.82 Å². The Labute approximate surface area is 153 Å². The number of aromatic nitrogens is 2. The predicted octanol–water partition coefficient (Wildman–Crippen LogP) is 3.50. The maximum Gasteiger partial charge on any atom is 0.159 e. The highest BCUT2D eigenvalue weighted by Crippen LogP contribution is 2.36. The Morgan fingerprint density at radius 3 is 2.65 bits per heavy atom. The van der Waals surface area contributed by atoms with E-state index in [1.807, 2.05) is 31.2 Å². The second kappa shape index (κ2) is 6.92. The summed E-state index contributed by atoms with van der Waals surface area (Å²) in [5.41, 5.74) is 2.45. The van der Waals surface area contributed by atoms with Gasteiger partial charge in [0.2, 0.25) is 0 Å². The van der Waals surface area contributed by atoms with Crippen LogP contribution in [0.1, 0.15) is 18.4 Å². The normalized spacial score (nSPS) is 17.4. The molecule has 4 rings (SSSR count). The minimum atomic E-state index is 0.238. The van der Waals surface area contributed by atoms with E-state index >= 15 is 0 Å². The molecule has 3 aromatic rings. The Hall–Kier alpha value is -2.66. The van der Waals surface area contributed by atoms with Crippen LogP contribution in [0.25, 0.3) is 22.0 Å². The van der Waals surface area contributed by atoms with Crippen molar-refractivity contribution in [2.24, 2.45) is 0 Å². The zero-order chi connectivity index (χ0) is 18.1. The number of likely N-dealkylation sites (N-methyl/N-ethyl adjacent to an activating group) is 1. The van der Waals surface area contributed by atoms with Crippen molar-refractivity contribution in [1.29, 1.82) is 0 Å². The number of nitrogens with zero attached hydrogens (tertiary/aromatic N) is 3. The number of benzene rings is 2. The van der Waals surface area contributed by atoms with Crippen LogP contribution >= 0.6 is 0 Å². The molecule has 2 N–H and O–H groups in total. The second-order valence-corrected chi connectivity index (χ2v) is 7.05. The second-order valence-electron chi connectivity index (χ2n) is 7.05. The number of anilines is 1. The number of fused-ring (bicyclic) bond motifs is 1. The number of rotatable bonds is 3. The number of piperidine rings is 1. The third kappa shape index (κ3) is 2.99. The number of nitrogens with one attached hydrogen (secondary N) is 1. The van der Waals surface area contributed by atoms with Crippen LogP contribution in [0, 0.1) is 6.92 Å². The summed E-state index contributed by atoms with van der Waals surface area (Å²) in [5.74, 6) is 1.13. The average molecular weight is 348 g/mol. The van der Waals surface area contributed by atoms with Crippen molar-refractivity contribution < 1.29 is 5.11 Å². The Morgan fingerprint density at radius 1 is 1.12 bits per heavy atom. The van der Waals surface area contributed by atoms with E-state index in [1.54, 1.807) is 6.07 Å². The molecule has 5 heteroatoms. The number of phenolic OH excluding ortho intramolecular Hbond substituents is 1. The topological polar surface area (TPSA) is 61.3 Å². The highest BCUT2D eigenvalue weighted by Gasteiger charge is 2.22. The van der Waals surface area contributed by atoms with Gasteiger partial charge in [-0.15, -0.1) is 10.2 Å². The van der Waals surface area contributed by atoms with Crippen LogP contribution in [0.3, 0.4) is 0 Å². The third-order valence-electron chi connectivity index (χ3n) is 5.23. The van der Waals surface area contributed by atoms with Gasteiger partial charge in [-0.1, -0.05) is 30.3 Å². The summed E-state index contributed by atoms with van der Waals surface area (Å²) in [4.78, 5) is 2.24. The molecule has 1 aromatic heterocycles. The van der Waals surface area contributed by atoms with Gasteiger partial charge < -0.3 is 15.3 Å². The van der Waals surface area contributed by atoms with Crippen LogP contribution in [0.15, 0.2) is 42.5 Å². The first-order valence-electron chi connectivity index (χ1n) is 9.14. The van der Waals surface area contributed by atoms with Crippen molar-refractivity contribution in [3.63, 3.8) is 0 Å². The maximum absolute atomic E-state index is 10.4. The molecule has 0 aliphatic carbocycles. The molecule has 0 amide bonds. The highest BCUT2D eigenvalue weighted by molar-refractivity contribution is 6.01. The van der Waals surface area contributed by atoms with Crippen LogP contribution in [0.2, 0.25) is 0 Å². The minimum absolute atomic E-state index is 0.238. The summed E-state index contributed by atoms with van der Waals surface area (Å²) >= 11 is 0. The largest absolute Gasteiger partial charge is 0.507 e. The standard InChI is InChI=1S/C21H24N4O/c1-14-9-10-18(19(26)12-14)20-16-7-3-4-8-17(16)21(24-23-20)25(2)15-6-5-11-22-13-15/h3-4,7-10,12,15,22,26H,5-6,11,13H2,1-2H3/t15-/m1/s1. The SMILES string of the molecule is Cc1ccc(-c2nnc(N(C)[C@@H]3CCCNC3)c3ccccc23)c(O)c1. The van der Waals surface area contributed by atoms with Gasteiger partial charge in [-0.3, -0.25) is 0 Å². The summed E-state index contributed by atoms with van der Waals surface area (Å²) < 4.78 is 0. The van der Waals surface area contributed by atoms with Gasteiger partial charge in [0, 0.05) is 36.0 Å². The van der Waals surface area contributed by atoms with E-state index in [-0.39, 0.29) is 5.75 Å². The molecular weight excluding hydrogens is 324 g/mol. The molecule has 1 aliphatic rings. The summed E-state index contributed by atoms with van der Waals surface area (Å²) in [6.45, 7) is 4.01. The van der Waals surface area contributed by atoms with Gasteiger partial charge in [0.05, 0.1) is 0 Å². The summed E-state index contributed by atoms with van der Waals surface area (Å²) in [6, 6.07) is 14.2. The van der Waals surface area contributed by atoms with Crippen molar-refractivity contribution >= 4 is 16.6 Å². The molecule has 1 fully saturated rings. The predicted molar refractivity (Wildman–Crippen MR) is 106 cm³/mol. The van der Waals surface area contributed by atoms with E-state index in [4.69, 9.17) is 0 Å². The summed E-state index contributed by atoms with van der Waals surface area (Å²) in [5, 5.41) is 25.0. The lowest BCUT2D eigenvalue weighted by Crippen LogP contribution is -2.44. The Bertz CT molecular complexity index is 934. The first kappa shape index (κ1) is 16.8.